The van der Waals surface area contributed by atoms with Crippen LogP contribution in [0.4, 0.5) is 5.00 Å². The number of halogens is 1. The highest BCUT2D eigenvalue weighted by molar-refractivity contribution is 7.99. The number of ether oxygens (including phenoxy) is 1. The van der Waals surface area contributed by atoms with E-state index in [0.29, 0.717) is 33.3 Å². The largest absolute Gasteiger partial charge is 0.462 e. The summed E-state index contributed by atoms with van der Waals surface area (Å²) in [5.74, 6) is 0.116. The van der Waals surface area contributed by atoms with Gasteiger partial charge in [0, 0.05) is 21.7 Å². The molecule has 1 amide bonds. The quantitative estimate of drug-likeness (QED) is 0.247. The van der Waals surface area contributed by atoms with Crippen LogP contribution < -0.4 is 5.32 Å². The number of esters is 1. The van der Waals surface area contributed by atoms with Crippen LogP contribution in [0.2, 0.25) is 5.02 Å². The van der Waals surface area contributed by atoms with Crippen molar-refractivity contribution < 1.29 is 14.3 Å². The average Bonchev–Trinajstić information content (AvgIpc) is 3.15. The summed E-state index contributed by atoms with van der Waals surface area (Å²) in [5, 5.41) is 4.67. The maximum atomic E-state index is 12.7. The second kappa shape index (κ2) is 10.7. The molecule has 2 aromatic heterocycles. The van der Waals surface area contributed by atoms with Crippen LogP contribution in [-0.2, 0) is 22.4 Å². The van der Waals surface area contributed by atoms with Crippen molar-refractivity contribution in [2.75, 3.05) is 17.7 Å². The average molecular weight is 502 g/mol. The second-order valence-electron chi connectivity index (χ2n) is 7.84. The van der Waals surface area contributed by atoms with Crippen LogP contribution >= 0.6 is 34.7 Å². The molecule has 0 radical (unpaired) electrons. The molecule has 1 atom stereocenters. The molecule has 1 aromatic carbocycles. The Kier molecular flexibility index (Phi) is 7.67. The lowest BCUT2D eigenvalue weighted by Gasteiger charge is -2.18. The fraction of sp³-hybridized carbons (Fsp3) is 0.333. The van der Waals surface area contributed by atoms with Gasteiger partial charge in [0.05, 0.1) is 23.6 Å². The summed E-state index contributed by atoms with van der Waals surface area (Å²) < 4.78 is 5.28. The zero-order valence-corrected chi connectivity index (χ0v) is 20.8. The summed E-state index contributed by atoms with van der Waals surface area (Å²) in [6.07, 6.45) is 4.45. The number of fused-ring (bicyclic) bond motifs is 1. The minimum absolute atomic E-state index is 0.130. The normalized spacial score (nSPS) is 15.1. The first kappa shape index (κ1) is 23.7. The van der Waals surface area contributed by atoms with E-state index >= 15 is 0 Å². The van der Waals surface area contributed by atoms with Crippen LogP contribution in [0.3, 0.4) is 0 Å². The standard InChI is InChI=1S/C24H24ClN3O3S2/c1-3-31-23(30)21-17-9-4-14(2)12-19(17)33-22(21)28-20(29)13-32-24-26-11-10-18(27-24)15-5-7-16(25)8-6-15/h5-8,10-11,14H,3-4,9,12-13H2,1-2H3,(H,28,29). The van der Waals surface area contributed by atoms with Gasteiger partial charge in [-0.25, -0.2) is 14.8 Å². The highest BCUT2D eigenvalue weighted by Crippen LogP contribution is 2.40. The molecule has 1 N–H and O–H groups in total. The van der Waals surface area contributed by atoms with Gasteiger partial charge in [-0.2, -0.15) is 0 Å². The highest BCUT2D eigenvalue weighted by Gasteiger charge is 2.29. The molecule has 1 aliphatic rings. The minimum Gasteiger partial charge on any atom is -0.462 e. The number of nitrogens with zero attached hydrogens (tertiary/aromatic N) is 2. The molecule has 33 heavy (non-hydrogen) atoms. The molecule has 0 fully saturated rings. The van der Waals surface area contributed by atoms with Crippen LogP contribution in [0, 0.1) is 5.92 Å². The molecule has 2 heterocycles. The molecule has 3 aromatic rings. The molecule has 172 valence electrons. The SMILES string of the molecule is CCOC(=O)c1c(NC(=O)CSc2nccc(-c3ccc(Cl)cc3)n2)sc2c1CCC(C)C2. The van der Waals surface area contributed by atoms with Crippen LogP contribution in [0.5, 0.6) is 0 Å². The summed E-state index contributed by atoms with van der Waals surface area (Å²) >= 11 is 8.69. The Morgan fingerprint density at radius 2 is 2.06 bits per heavy atom. The molecule has 1 aliphatic carbocycles. The first-order valence-electron chi connectivity index (χ1n) is 10.8. The summed E-state index contributed by atoms with van der Waals surface area (Å²) in [6, 6.07) is 9.21. The van der Waals surface area contributed by atoms with E-state index in [0.717, 1.165) is 36.1 Å². The van der Waals surface area contributed by atoms with Gasteiger partial charge in [-0.3, -0.25) is 4.79 Å². The van der Waals surface area contributed by atoms with Crippen LogP contribution in [0.25, 0.3) is 11.3 Å². The van der Waals surface area contributed by atoms with Gasteiger partial charge in [0.1, 0.15) is 5.00 Å². The first-order valence-corrected chi connectivity index (χ1v) is 13.0. The fourth-order valence-corrected chi connectivity index (χ4v) is 5.91. The monoisotopic (exact) mass is 501 g/mol. The van der Waals surface area contributed by atoms with Crippen LogP contribution in [-0.4, -0.2) is 34.2 Å². The number of hydrogen-bond acceptors (Lipinski definition) is 7. The van der Waals surface area contributed by atoms with Crippen molar-refractivity contribution in [3.05, 3.63) is 57.6 Å². The summed E-state index contributed by atoms with van der Waals surface area (Å²) in [4.78, 5) is 35.3. The molecule has 0 saturated heterocycles. The molecule has 0 spiro atoms. The molecular formula is C24H24ClN3O3S2. The number of aromatic nitrogens is 2. The number of rotatable bonds is 7. The van der Waals surface area contributed by atoms with Crippen molar-refractivity contribution in [1.29, 1.82) is 0 Å². The molecule has 0 saturated carbocycles. The van der Waals surface area contributed by atoms with Crippen molar-refractivity contribution >= 4 is 51.6 Å². The summed E-state index contributed by atoms with van der Waals surface area (Å²) in [6.45, 7) is 4.29. The number of hydrogen-bond donors (Lipinski definition) is 1. The number of nitrogens with one attached hydrogen (secondary N) is 1. The molecule has 4 rings (SSSR count). The van der Waals surface area contributed by atoms with E-state index in [2.05, 4.69) is 22.2 Å². The third kappa shape index (κ3) is 5.75. The third-order valence-corrected chi connectivity index (χ3v) is 7.63. The molecule has 9 heteroatoms. The maximum Gasteiger partial charge on any atom is 0.341 e. The Morgan fingerprint density at radius 1 is 1.27 bits per heavy atom. The van der Waals surface area contributed by atoms with Gasteiger partial charge in [-0.1, -0.05) is 42.4 Å². The molecule has 0 aliphatic heterocycles. The zero-order valence-electron chi connectivity index (χ0n) is 18.4. The lowest BCUT2D eigenvalue weighted by Crippen LogP contribution is -2.17. The maximum absolute atomic E-state index is 12.7. The lowest BCUT2D eigenvalue weighted by molar-refractivity contribution is -0.113. The van der Waals surface area contributed by atoms with Gasteiger partial charge in [-0.15, -0.1) is 11.3 Å². The van der Waals surface area contributed by atoms with Crippen molar-refractivity contribution in [3.8, 4) is 11.3 Å². The lowest BCUT2D eigenvalue weighted by atomic mass is 9.88. The number of benzene rings is 1. The van der Waals surface area contributed by atoms with Gasteiger partial charge in [0.2, 0.25) is 5.91 Å². The van der Waals surface area contributed by atoms with E-state index < -0.39 is 0 Å². The van der Waals surface area contributed by atoms with Crippen molar-refractivity contribution in [2.45, 2.75) is 38.3 Å². The fourth-order valence-electron chi connectivity index (χ4n) is 3.74. The third-order valence-electron chi connectivity index (χ3n) is 5.35. The number of thiophene rings is 1. The molecule has 1 unspecified atom stereocenters. The Bertz CT molecular complexity index is 1160. The van der Waals surface area contributed by atoms with E-state index in [-0.39, 0.29) is 17.6 Å². The number of amides is 1. The Hall–Kier alpha value is -2.42. The summed E-state index contributed by atoms with van der Waals surface area (Å²) in [5.41, 5.74) is 3.22. The summed E-state index contributed by atoms with van der Waals surface area (Å²) in [7, 11) is 0. The molecule has 0 bridgehead atoms. The van der Waals surface area contributed by atoms with Gasteiger partial charge in [0.25, 0.3) is 0 Å². The first-order chi connectivity index (χ1) is 15.9. The van der Waals surface area contributed by atoms with Gasteiger partial charge < -0.3 is 10.1 Å². The Balaban J connectivity index is 1.46. The number of anilines is 1. The highest BCUT2D eigenvalue weighted by atomic mass is 35.5. The van der Waals surface area contributed by atoms with Crippen molar-refractivity contribution in [2.24, 2.45) is 5.92 Å². The van der Waals surface area contributed by atoms with E-state index in [4.69, 9.17) is 16.3 Å². The zero-order chi connectivity index (χ0) is 23.4. The van der Waals surface area contributed by atoms with Crippen molar-refractivity contribution in [3.63, 3.8) is 0 Å². The van der Waals surface area contributed by atoms with E-state index in [1.165, 1.54) is 28.0 Å². The number of thioether (sulfide) groups is 1. The van der Waals surface area contributed by atoms with Crippen LogP contribution in [0.15, 0.2) is 41.7 Å². The predicted octanol–water partition coefficient (Wildman–Crippen LogP) is 5.89. The number of carbonyl (C=O) groups is 2. The number of carbonyl (C=O) groups excluding carboxylic acids is 2. The van der Waals surface area contributed by atoms with E-state index in [1.807, 2.05) is 30.3 Å². The van der Waals surface area contributed by atoms with E-state index in [9.17, 15) is 9.59 Å². The van der Waals surface area contributed by atoms with E-state index in [1.54, 1.807) is 13.1 Å². The van der Waals surface area contributed by atoms with Gasteiger partial charge in [-0.05, 0) is 55.9 Å². The smallest absolute Gasteiger partial charge is 0.341 e. The van der Waals surface area contributed by atoms with Gasteiger partial charge in [0.15, 0.2) is 5.16 Å². The minimum atomic E-state index is -0.369. The van der Waals surface area contributed by atoms with Gasteiger partial charge >= 0.3 is 5.97 Å². The van der Waals surface area contributed by atoms with Crippen LogP contribution in [0.1, 0.15) is 41.1 Å². The predicted molar refractivity (Wildman–Crippen MR) is 133 cm³/mol. The topological polar surface area (TPSA) is 81.2 Å². The molecular weight excluding hydrogens is 478 g/mol. The Morgan fingerprint density at radius 3 is 2.82 bits per heavy atom. The molecule has 6 nitrogen and oxygen atoms in total. The Labute approximate surface area is 206 Å². The second-order valence-corrected chi connectivity index (χ2v) is 10.3. The van der Waals surface area contributed by atoms with Crippen molar-refractivity contribution in [1.82, 2.24) is 9.97 Å².